The summed E-state index contributed by atoms with van der Waals surface area (Å²) < 4.78 is 21.4. The quantitative estimate of drug-likeness (QED) is 0.586. The fourth-order valence-corrected chi connectivity index (χ4v) is 3.07. The lowest BCUT2D eigenvalue weighted by Crippen LogP contribution is -2.23. The average molecular weight is 420 g/mol. The lowest BCUT2D eigenvalue weighted by Gasteiger charge is -2.12. The SMILES string of the molecule is CCOc1cc(/C=C/C(=O)NCCc2cc(OC)ccc2OC)cc(Cl)c1OC. The lowest BCUT2D eigenvalue weighted by molar-refractivity contribution is -0.116. The maximum atomic E-state index is 12.2. The van der Waals surface area contributed by atoms with Crippen molar-refractivity contribution >= 4 is 23.6 Å². The van der Waals surface area contributed by atoms with Gasteiger partial charge in [0, 0.05) is 12.6 Å². The molecule has 7 heteroatoms. The Balaban J connectivity index is 1.98. The molecule has 0 bridgehead atoms. The number of hydrogen-bond donors (Lipinski definition) is 1. The first-order valence-electron chi connectivity index (χ1n) is 9.19. The van der Waals surface area contributed by atoms with E-state index in [2.05, 4.69) is 5.32 Å². The van der Waals surface area contributed by atoms with Crippen LogP contribution in [0.1, 0.15) is 18.1 Å². The van der Waals surface area contributed by atoms with E-state index in [1.54, 1.807) is 32.4 Å². The minimum atomic E-state index is -0.211. The Bertz CT molecular complexity index is 867. The van der Waals surface area contributed by atoms with Crippen LogP contribution in [0.4, 0.5) is 0 Å². The van der Waals surface area contributed by atoms with Crippen LogP contribution in [0.2, 0.25) is 5.02 Å². The first-order valence-corrected chi connectivity index (χ1v) is 9.57. The monoisotopic (exact) mass is 419 g/mol. The van der Waals surface area contributed by atoms with Crippen LogP contribution in [0.15, 0.2) is 36.4 Å². The molecule has 2 aromatic carbocycles. The van der Waals surface area contributed by atoms with Crippen LogP contribution in [0.5, 0.6) is 23.0 Å². The number of ether oxygens (including phenoxy) is 4. The Hall–Kier alpha value is -2.86. The molecule has 2 aromatic rings. The maximum Gasteiger partial charge on any atom is 0.244 e. The van der Waals surface area contributed by atoms with Gasteiger partial charge in [0.2, 0.25) is 5.91 Å². The Morgan fingerprint density at radius 1 is 1.07 bits per heavy atom. The molecule has 0 unspecified atom stereocenters. The molecule has 0 aliphatic rings. The van der Waals surface area contributed by atoms with Crippen LogP contribution in [-0.4, -0.2) is 40.4 Å². The summed E-state index contributed by atoms with van der Waals surface area (Å²) in [6.07, 6.45) is 3.74. The molecule has 0 atom stereocenters. The second-order valence-corrected chi connectivity index (χ2v) is 6.43. The van der Waals surface area contributed by atoms with Crippen LogP contribution in [0.3, 0.4) is 0 Å². The number of rotatable bonds is 10. The number of methoxy groups -OCH3 is 3. The molecule has 0 aliphatic heterocycles. The summed E-state index contributed by atoms with van der Waals surface area (Å²) in [5.41, 5.74) is 1.70. The predicted molar refractivity (Wildman–Crippen MR) is 114 cm³/mol. The lowest BCUT2D eigenvalue weighted by atomic mass is 10.1. The third-order valence-electron chi connectivity index (χ3n) is 4.14. The van der Waals surface area contributed by atoms with Gasteiger partial charge in [-0.2, -0.15) is 0 Å². The van der Waals surface area contributed by atoms with Gasteiger partial charge in [-0.05, 0) is 60.9 Å². The van der Waals surface area contributed by atoms with E-state index in [0.717, 1.165) is 22.6 Å². The number of carbonyl (C=O) groups is 1. The first kappa shape index (κ1) is 22.4. The number of amides is 1. The van der Waals surface area contributed by atoms with Gasteiger partial charge in [0.15, 0.2) is 11.5 Å². The minimum absolute atomic E-state index is 0.211. The second kappa shape index (κ2) is 11.2. The summed E-state index contributed by atoms with van der Waals surface area (Å²) >= 11 is 6.23. The van der Waals surface area contributed by atoms with Crippen molar-refractivity contribution in [2.24, 2.45) is 0 Å². The number of nitrogens with one attached hydrogen (secondary N) is 1. The molecule has 0 aromatic heterocycles. The van der Waals surface area contributed by atoms with Gasteiger partial charge in [0.1, 0.15) is 11.5 Å². The maximum absolute atomic E-state index is 12.2. The van der Waals surface area contributed by atoms with Crippen molar-refractivity contribution in [1.82, 2.24) is 5.32 Å². The van der Waals surface area contributed by atoms with Crippen molar-refractivity contribution < 1.29 is 23.7 Å². The summed E-state index contributed by atoms with van der Waals surface area (Å²) in [5.74, 6) is 2.30. The molecule has 1 amide bonds. The molecule has 0 fully saturated rings. The van der Waals surface area contributed by atoms with E-state index in [1.165, 1.54) is 13.2 Å². The van der Waals surface area contributed by atoms with Gasteiger partial charge in [-0.25, -0.2) is 0 Å². The number of halogens is 1. The summed E-state index contributed by atoms with van der Waals surface area (Å²) in [6, 6.07) is 9.07. The molecule has 6 nitrogen and oxygen atoms in total. The number of hydrogen-bond acceptors (Lipinski definition) is 5. The standard InChI is InChI=1S/C22H26ClNO5/c1-5-29-20-13-15(12-18(23)22(20)28-4)6-9-21(25)24-11-10-16-14-17(26-2)7-8-19(16)27-3/h6-9,12-14H,5,10-11H2,1-4H3,(H,24,25)/b9-6+. The highest BCUT2D eigenvalue weighted by atomic mass is 35.5. The molecule has 0 heterocycles. The molecule has 0 spiro atoms. The zero-order chi connectivity index (χ0) is 21.2. The van der Waals surface area contributed by atoms with Crippen molar-refractivity contribution in [3.8, 4) is 23.0 Å². The summed E-state index contributed by atoms with van der Waals surface area (Å²) in [6.45, 7) is 2.81. The second-order valence-electron chi connectivity index (χ2n) is 6.02. The molecule has 0 aliphatic carbocycles. The van der Waals surface area contributed by atoms with Gasteiger partial charge >= 0.3 is 0 Å². The summed E-state index contributed by atoms with van der Waals surface area (Å²) in [4.78, 5) is 12.2. The van der Waals surface area contributed by atoms with Crippen LogP contribution in [0.25, 0.3) is 6.08 Å². The van der Waals surface area contributed by atoms with Crippen molar-refractivity contribution in [3.05, 3.63) is 52.6 Å². The molecular weight excluding hydrogens is 394 g/mol. The van der Waals surface area contributed by atoms with Gasteiger partial charge in [0.05, 0.1) is 33.0 Å². The highest BCUT2D eigenvalue weighted by molar-refractivity contribution is 6.32. The van der Waals surface area contributed by atoms with Crippen molar-refractivity contribution in [3.63, 3.8) is 0 Å². The van der Waals surface area contributed by atoms with Crippen LogP contribution in [0, 0.1) is 0 Å². The summed E-state index contributed by atoms with van der Waals surface area (Å²) in [5, 5.41) is 3.28. The Kier molecular flexibility index (Phi) is 8.68. The van der Waals surface area contributed by atoms with Gasteiger partial charge < -0.3 is 24.3 Å². The van der Waals surface area contributed by atoms with E-state index in [-0.39, 0.29) is 5.91 Å². The highest BCUT2D eigenvalue weighted by Crippen LogP contribution is 2.36. The van der Waals surface area contributed by atoms with Gasteiger partial charge in [-0.3, -0.25) is 4.79 Å². The molecule has 1 N–H and O–H groups in total. The zero-order valence-electron chi connectivity index (χ0n) is 17.1. The highest BCUT2D eigenvalue weighted by Gasteiger charge is 2.11. The van der Waals surface area contributed by atoms with E-state index in [9.17, 15) is 4.79 Å². The van der Waals surface area contributed by atoms with Crippen molar-refractivity contribution in [2.75, 3.05) is 34.5 Å². The Morgan fingerprint density at radius 2 is 1.86 bits per heavy atom. The van der Waals surface area contributed by atoms with E-state index in [0.29, 0.717) is 36.1 Å². The topological polar surface area (TPSA) is 66.0 Å². The molecular formula is C22H26ClNO5. The fraction of sp³-hybridized carbons (Fsp3) is 0.318. The molecule has 29 heavy (non-hydrogen) atoms. The average Bonchev–Trinajstić information content (AvgIpc) is 2.72. The molecule has 2 rings (SSSR count). The van der Waals surface area contributed by atoms with Crippen LogP contribution in [-0.2, 0) is 11.2 Å². The predicted octanol–water partition coefficient (Wildman–Crippen LogP) is 4.14. The van der Waals surface area contributed by atoms with E-state index in [4.69, 9.17) is 30.5 Å². The molecule has 0 saturated heterocycles. The van der Waals surface area contributed by atoms with E-state index < -0.39 is 0 Å². The molecule has 156 valence electrons. The van der Waals surface area contributed by atoms with Crippen molar-refractivity contribution in [1.29, 1.82) is 0 Å². The molecule has 0 saturated carbocycles. The van der Waals surface area contributed by atoms with E-state index >= 15 is 0 Å². The number of benzene rings is 2. The van der Waals surface area contributed by atoms with Gasteiger partial charge in [-0.1, -0.05) is 11.6 Å². The normalized spacial score (nSPS) is 10.7. The van der Waals surface area contributed by atoms with E-state index in [1.807, 2.05) is 25.1 Å². The number of carbonyl (C=O) groups excluding carboxylic acids is 1. The first-order chi connectivity index (χ1) is 14.0. The summed E-state index contributed by atoms with van der Waals surface area (Å²) in [7, 11) is 4.76. The zero-order valence-corrected chi connectivity index (χ0v) is 17.8. The van der Waals surface area contributed by atoms with Gasteiger partial charge in [0.25, 0.3) is 0 Å². The van der Waals surface area contributed by atoms with Crippen LogP contribution < -0.4 is 24.3 Å². The smallest absolute Gasteiger partial charge is 0.244 e. The Labute approximate surface area is 176 Å². The largest absolute Gasteiger partial charge is 0.497 e. The third-order valence-corrected chi connectivity index (χ3v) is 4.42. The van der Waals surface area contributed by atoms with Crippen LogP contribution >= 0.6 is 11.6 Å². The molecule has 0 radical (unpaired) electrons. The van der Waals surface area contributed by atoms with Crippen molar-refractivity contribution in [2.45, 2.75) is 13.3 Å². The van der Waals surface area contributed by atoms with Gasteiger partial charge in [-0.15, -0.1) is 0 Å². The third kappa shape index (κ3) is 6.32. The fourth-order valence-electron chi connectivity index (χ4n) is 2.77. The Morgan fingerprint density at radius 3 is 2.52 bits per heavy atom. The minimum Gasteiger partial charge on any atom is -0.497 e.